The SMILES string of the molecule is CC(C)(C)OC(=O)NCc1cccnc1N1CCNCC1. The van der Waals surface area contributed by atoms with Crippen LogP contribution in [0.1, 0.15) is 26.3 Å². The molecule has 6 nitrogen and oxygen atoms in total. The van der Waals surface area contributed by atoms with Crippen molar-refractivity contribution in [1.29, 1.82) is 0 Å². The van der Waals surface area contributed by atoms with Crippen LogP contribution < -0.4 is 15.5 Å². The molecule has 0 bridgehead atoms. The van der Waals surface area contributed by atoms with E-state index >= 15 is 0 Å². The van der Waals surface area contributed by atoms with Crippen LogP contribution in [0.15, 0.2) is 18.3 Å². The van der Waals surface area contributed by atoms with Gasteiger partial charge in [-0.05, 0) is 26.8 Å². The Morgan fingerprint density at radius 2 is 2.14 bits per heavy atom. The number of carbonyl (C=O) groups is 1. The van der Waals surface area contributed by atoms with Gasteiger partial charge in [-0.25, -0.2) is 9.78 Å². The third-order valence-electron chi connectivity index (χ3n) is 3.11. The Hall–Kier alpha value is -1.82. The maximum absolute atomic E-state index is 11.7. The second-order valence-corrected chi connectivity index (χ2v) is 6.08. The van der Waals surface area contributed by atoms with E-state index in [9.17, 15) is 4.79 Å². The monoisotopic (exact) mass is 292 g/mol. The highest BCUT2D eigenvalue weighted by molar-refractivity contribution is 5.68. The van der Waals surface area contributed by atoms with Gasteiger partial charge in [0.05, 0.1) is 0 Å². The molecule has 21 heavy (non-hydrogen) atoms. The van der Waals surface area contributed by atoms with Gasteiger partial charge in [0.1, 0.15) is 11.4 Å². The van der Waals surface area contributed by atoms with E-state index in [1.54, 1.807) is 6.20 Å². The number of nitrogens with zero attached hydrogens (tertiary/aromatic N) is 2. The largest absolute Gasteiger partial charge is 0.444 e. The van der Waals surface area contributed by atoms with E-state index in [0.717, 1.165) is 37.6 Å². The van der Waals surface area contributed by atoms with Crippen LogP contribution in [0.2, 0.25) is 0 Å². The van der Waals surface area contributed by atoms with Gasteiger partial charge in [-0.15, -0.1) is 0 Å². The fraction of sp³-hybridized carbons (Fsp3) is 0.600. The number of ether oxygens (including phenoxy) is 1. The van der Waals surface area contributed by atoms with Gasteiger partial charge in [0.2, 0.25) is 0 Å². The molecule has 0 aromatic carbocycles. The highest BCUT2D eigenvalue weighted by atomic mass is 16.6. The predicted molar refractivity (Wildman–Crippen MR) is 82.4 cm³/mol. The second-order valence-electron chi connectivity index (χ2n) is 6.08. The zero-order valence-corrected chi connectivity index (χ0v) is 13.0. The van der Waals surface area contributed by atoms with E-state index < -0.39 is 11.7 Å². The molecule has 116 valence electrons. The number of hydrogen-bond donors (Lipinski definition) is 2. The fourth-order valence-electron chi connectivity index (χ4n) is 2.21. The Labute approximate surface area is 125 Å². The average molecular weight is 292 g/mol. The summed E-state index contributed by atoms with van der Waals surface area (Å²) < 4.78 is 5.25. The molecule has 1 saturated heterocycles. The van der Waals surface area contributed by atoms with Crippen LogP contribution >= 0.6 is 0 Å². The molecule has 0 saturated carbocycles. The van der Waals surface area contributed by atoms with Crippen molar-refractivity contribution in [2.45, 2.75) is 32.9 Å². The van der Waals surface area contributed by atoms with Gasteiger partial charge in [-0.1, -0.05) is 6.07 Å². The molecule has 1 aliphatic rings. The highest BCUT2D eigenvalue weighted by Gasteiger charge is 2.18. The van der Waals surface area contributed by atoms with E-state index in [2.05, 4.69) is 20.5 Å². The summed E-state index contributed by atoms with van der Waals surface area (Å²) in [4.78, 5) is 18.4. The van der Waals surface area contributed by atoms with Crippen molar-refractivity contribution in [3.05, 3.63) is 23.9 Å². The third kappa shape index (κ3) is 4.90. The van der Waals surface area contributed by atoms with Crippen LogP contribution in [0.25, 0.3) is 0 Å². The summed E-state index contributed by atoms with van der Waals surface area (Å²) in [5, 5.41) is 6.11. The van der Waals surface area contributed by atoms with E-state index in [1.165, 1.54) is 0 Å². The normalized spacial score (nSPS) is 15.7. The maximum atomic E-state index is 11.7. The zero-order chi connectivity index (χ0) is 15.3. The molecule has 0 radical (unpaired) electrons. The van der Waals surface area contributed by atoms with E-state index in [4.69, 9.17) is 4.74 Å². The summed E-state index contributed by atoms with van der Waals surface area (Å²) in [6.45, 7) is 9.73. The van der Waals surface area contributed by atoms with E-state index in [1.807, 2.05) is 32.9 Å². The van der Waals surface area contributed by atoms with Gasteiger partial charge >= 0.3 is 6.09 Å². The van der Waals surface area contributed by atoms with Crippen molar-refractivity contribution in [2.24, 2.45) is 0 Å². The van der Waals surface area contributed by atoms with Gasteiger partial charge in [0, 0.05) is 44.5 Å². The lowest BCUT2D eigenvalue weighted by Crippen LogP contribution is -2.44. The molecule has 2 rings (SSSR count). The molecule has 1 fully saturated rings. The molecular formula is C15H24N4O2. The van der Waals surface area contributed by atoms with Crippen molar-refractivity contribution < 1.29 is 9.53 Å². The third-order valence-corrected chi connectivity index (χ3v) is 3.11. The molecule has 0 atom stereocenters. The Morgan fingerprint density at radius 3 is 2.81 bits per heavy atom. The molecule has 0 aliphatic carbocycles. The van der Waals surface area contributed by atoms with Crippen LogP contribution in [0.3, 0.4) is 0 Å². The predicted octanol–water partition coefficient (Wildman–Crippen LogP) is 1.52. The van der Waals surface area contributed by atoms with Gasteiger partial charge in [0.25, 0.3) is 0 Å². The molecule has 1 aliphatic heterocycles. The van der Waals surface area contributed by atoms with Crippen LogP contribution in [0.4, 0.5) is 10.6 Å². The lowest BCUT2D eigenvalue weighted by Gasteiger charge is -2.30. The highest BCUT2D eigenvalue weighted by Crippen LogP contribution is 2.17. The number of aromatic nitrogens is 1. The standard InChI is InChI=1S/C15H24N4O2/c1-15(2,3)21-14(20)18-11-12-5-4-6-17-13(12)19-9-7-16-8-10-19/h4-6,16H,7-11H2,1-3H3,(H,18,20). The minimum absolute atomic E-state index is 0.405. The number of rotatable bonds is 3. The Morgan fingerprint density at radius 1 is 1.43 bits per heavy atom. The molecule has 2 N–H and O–H groups in total. The number of pyridine rings is 1. The first-order chi connectivity index (χ1) is 9.96. The molecule has 0 unspecified atom stereocenters. The topological polar surface area (TPSA) is 66.5 Å². The molecule has 1 amide bonds. The summed E-state index contributed by atoms with van der Waals surface area (Å²) in [6, 6.07) is 3.87. The Bertz CT molecular complexity index is 479. The van der Waals surface area contributed by atoms with Gasteiger partial charge in [0.15, 0.2) is 0 Å². The smallest absolute Gasteiger partial charge is 0.407 e. The minimum Gasteiger partial charge on any atom is -0.444 e. The van der Waals surface area contributed by atoms with Crippen LogP contribution in [0, 0.1) is 0 Å². The molecule has 0 spiro atoms. The lowest BCUT2D eigenvalue weighted by atomic mass is 10.2. The van der Waals surface area contributed by atoms with Crippen molar-refractivity contribution in [1.82, 2.24) is 15.6 Å². The molecule has 1 aromatic heterocycles. The van der Waals surface area contributed by atoms with Gasteiger partial charge < -0.3 is 20.3 Å². The Kier molecular flexibility index (Phi) is 5.01. The molecule has 1 aromatic rings. The average Bonchev–Trinajstić information content (AvgIpc) is 2.45. The first-order valence-corrected chi connectivity index (χ1v) is 7.32. The summed E-state index contributed by atoms with van der Waals surface area (Å²) in [5.41, 5.74) is 0.519. The van der Waals surface area contributed by atoms with Crippen LogP contribution in [-0.4, -0.2) is 42.9 Å². The maximum Gasteiger partial charge on any atom is 0.407 e. The van der Waals surface area contributed by atoms with Crippen molar-refractivity contribution in [3.8, 4) is 0 Å². The number of nitrogens with one attached hydrogen (secondary N) is 2. The van der Waals surface area contributed by atoms with E-state index in [-0.39, 0.29) is 0 Å². The van der Waals surface area contributed by atoms with Crippen molar-refractivity contribution >= 4 is 11.9 Å². The summed E-state index contributed by atoms with van der Waals surface area (Å²) in [5.74, 6) is 0.940. The Balaban J connectivity index is 1.98. The number of carbonyl (C=O) groups excluding carboxylic acids is 1. The van der Waals surface area contributed by atoms with Crippen molar-refractivity contribution in [3.63, 3.8) is 0 Å². The van der Waals surface area contributed by atoms with Crippen LogP contribution in [-0.2, 0) is 11.3 Å². The number of anilines is 1. The summed E-state index contributed by atoms with van der Waals surface area (Å²) >= 11 is 0. The van der Waals surface area contributed by atoms with Crippen molar-refractivity contribution in [2.75, 3.05) is 31.1 Å². The number of piperazine rings is 1. The van der Waals surface area contributed by atoms with Gasteiger partial charge in [-0.2, -0.15) is 0 Å². The molecule has 6 heteroatoms. The molecule has 2 heterocycles. The number of alkyl carbamates (subject to hydrolysis) is 1. The number of amides is 1. The summed E-state index contributed by atoms with van der Waals surface area (Å²) in [6.07, 6.45) is 1.38. The lowest BCUT2D eigenvalue weighted by molar-refractivity contribution is 0.0523. The van der Waals surface area contributed by atoms with Crippen LogP contribution in [0.5, 0.6) is 0 Å². The first kappa shape index (κ1) is 15.6. The van der Waals surface area contributed by atoms with E-state index in [0.29, 0.717) is 6.54 Å². The number of hydrogen-bond acceptors (Lipinski definition) is 5. The zero-order valence-electron chi connectivity index (χ0n) is 13.0. The van der Waals surface area contributed by atoms with Gasteiger partial charge in [-0.3, -0.25) is 0 Å². The first-order valence-electron chi connectivity index (χ1n) is 7.32. The fourth-order valence-corrected chi connectivity index (χ4v) is 2.21. The second kappa shape index (κ2) is 6.76. The minimum atomic E-state index is -0.486. The quantitative estimate of drug-likeness (QED) is 0.884. The molecular weight excluding hydrogens is 268 g/mol. The summed E-state index contributed by atoms with van der Waals surface area (Å²) in [7, 11) is 0.